The Balaban J connectivity index is 1.55. The predicted molar refractivity (Wildman–Crippen MR) is 115 cm³/mol. The number of carbonyl (C=O) groups excluding carboxylic acids is 1. The number of halogens is 1. The van der Waals surface area contributed by atoms with Crippen molar-refractivity contribution in [3.63, 3.8) is 0 Å². The lowest BCUT2D eigenvalue weighted by molar-refractivity contribution is -0.116. The Morgan fingerprint density at radius 3 is 2.33 bits per heavy atom. The van der Waals surface area contributed by atoms with Crippen LogP contribution >= 0.6 is 0 Å². The maximum atomic E-state index is 13.3. The third kappa shape index (κ3) is 5.98. The fourth-order valence-corrected chi connectivity index (χ4v) is 3.91. The van der Waals surface area contributed by atoms with E-state index in [1.807, 2.05) is 30.3 Å². The van der Waals surface area contributed by atoms with Crippen LogP contribution in [0.1, 0.15) is 23.1 Å². The molecule has 3 aromatic rings. The summed E-state index contributed by atoms with van der Waals surface area (Å²) in [7, 11) is -3.62. The van der Waals surface area contributed by atoms with Crippen LogP contribution in [0.2, 0.25) is 0 Å². The third-order valence-electron chi connectivity index (χ3n) is 4.66. The normalized spacial score (nSPS) is 11.3. The van der Waals surface area contributed by atoms with Crippen LogP contribution in [0.15, 0.2) is 77.7 Å². The van der Waals surface area contributed by atoms with Gasteiger partial charge in [0.1, 0.15) is 5.82 Å². The molecule has 0 radical (unpaired) electrons. The molecule has 2 N–H and O–H groups in total. The van der Waals surface area contributed by atoms with Crippen molar-refractivity contribution < 1.29 is 17.6 Å². The molecule has 0 aliphatic rings. The highest BCUT2D eigenvalue weighted by Crippen LogP contribution is 2.17. The first-order valence-corrected chi connectivity index (χ1v) is 11.0. The number of rotatable bonds is 8. The number of aryl methyl sites for hydroxylation is 2. The highest BCUT2D eigenvalue weighted by molar-refractivity contribution is 7.89. The van der Waals surface area contributed by atoms with Gasteiger partial charge < -0.3 is 5.32 Å². The smallest absolute Gasteiger partial charge is 0.240 e. The van der Waals surface area contributed by atoms with E-state index in [9.17, 15) is 17.6 Å². The van der Waals surface area contributed by atoms with Crippen molar-refractivity contribution in [1.29, 1.82) is 0 Å². The van der Waals surface area contributed by atoms with Gasteiger partial charge in [0.25, 0.3) is 0 Å². The molecule has 0 atom stereocenters. The van der Waals surface area contributed by atoms with E-state index >= 15 is 0 Å². The van der Waals surface area contributed by atoms with Crippen molar-refractivity contribution in [3.8, 4) is 0 Å². The van der Waals surface area contributed by atoms with Crippen LogP contribution < -0.4 is 10.0 Å². The molecule has 30 heavy (non-hydrogen) atoms. The molecule has 1 amide bonds. The summed E-state index contributed by atoms with van der Waals surface area (Å²) in [6.07, 6.45) is 0.645. The predicted octanol–water partition coefficient (Wildman–Crippen LogP) is 4.18. The summed E-state index contributed by atoms with van der Waals surface area (Å²) in [5, 5.41) is 2.70. The molecule has 0 fully saturated rings. The molecule has 0 aromatic heterocycles. The molecule has 0 saturated heterocycles. The van der Waals surface area contributed by atoms with Crippen molar-refractivity contribution in [2.75, 3.05) is 5.32 Å². The first kappa shape index (κ1) is 21.7. The fourth-order valence-electron chi connectivity index (χ4n) is 2.89. The Morgan fingerprint density at radius 2 is 1.63 bits per heavy atom. The van der Waals surface area contributed by atoms with Gasteiger partial charge in [0.05, 0.1) is 4.90 Å². The summed E-state index contributed by atoms with van der Waals surface area (Å²) in [6.45, 7) is 2.00. The Hall–Kier alpha value is -3.03. The second-order valence-corrected chi connectivity index (χ2v) is 8.73. The number of nitrogens with one attached hydrogen (secondary N) is 2. The van der Waals surface area contributed by atoms with Crippen LogP contribution in [0.5, 0.6) is 0 Å². The van der Waals surface area contributed by atoms with Crippen molar-refractivity contribution >= 4 is 21.6 Å². The lowest BCUT2D eigenvalue weighted by Gasteiger charge is -2.09. The van der Waals surface area contributed by atoms with E-state index in [1.54, 1.807) is 25.1 Å². The Morgan fingerprint density at radius 1 is 0.933 bits per heavy atom. The van der Waals surface area contributed by atoms with E-state index in [2.05, 4.69) is 10.0 Å². The van der Waals surface area contributed by atoms with Gasteiger partial charge in [-0.2, -0.15) is 0 Å². The number of benzene rings is 3. The number of hydrogen-bond acceptors (Lipinski definition) is 3. The number of anilines is 1. The second-order valence-electron chi connectivity index (χ2n) is 6.96. The molecular formula is C23H23FN2O3S. The summed E-state index contributed by atoms with van der Waals surface area (Å²) in [4.78, 5) is 12.3. The van der Waals surface area contributed by atoms with Gasteiger partial charge in [-0.25, -0.2) is 17.5 Å². The van der Waals surface area contributed by atoms with Crippen LogP contribution in [0.4, 0.5) is 10.1 Å². The van der Waals surface area contributed by atoms with Crippen LogP contribution in [0.3, 0.4) is 0 Å². The van der Waals surface area contributed by atoms with Crippen LogP contribution in [0.25, 0.3) is 0 Å². The maximum absolute atomic E-state index is 13.3. The van der Waals surface area contributed by atoms with E-state index in [4.69, 9.17) is 0 Å². The molecule has 3 aromatic carbocycles. The number of amides is 1. The first-order chi connectivity index (χ1) is 14.3. The molecule has 0 bridgehead atoms. The van der Waals surface area contributed by atoms with E-state index in [0.717, 1.165) is 16.7 Å². The summed E-state index contributed by atoms with van der Waals surface area (Å²) in [5.74, 6) is -0.640. The molecule has 5 nitrogen and oxygen atoms in total. The maximum Gasteiger partial charge on any atom is 0.240 e. The van der Waals surface area contributed by atoms with Gasteiger partial charge in [0, 0.05) is 18.7 Å². The molecule has 7 heteroatoms. The third-order valence-corrected chi connectivity index (χ3v) is 6.07. The topological polar surface area (TPSA) is 75.3 Å². The highest BCUT2D eigenvalue weighted by atomic mass is 32.2. The molecular weight excluding hydrogens is 403 g/mol. The summed E-state index contributed by atoms with van der Waals surface area (Å²) in [5.41, 5.74) is 2.94. The zero-order valence-electron chi connectivity index (χ0n) is 16.6. The molecule has 0 aliphatic heterocycles. The van der Waals surface area contributed by atoms with Gasteiger partial charge in [0.15, 0.2) is 0 Å². The lowest BCUT2D eigenvalue weighted by atomic mass is 10.1. The number of hydrogen-bond donors (Lipinski definition) is 2. The summed E-state index contributed by atoms with van der Waals surface area (Å²) in [6, 6.07) is 19.9. The SMILES string of the molecule is Cc1ccc(F)cc1NC(=O)CCc1ccc(S(=O)(=O)NCc2ccccc2)cc1. The largest absolute Gasteiger partial charge is 0.326 e. The van der Waals surface area contributed by atoms with Crippen LogP contribution in [-0.2, 0) is 27.8 Å². The van der Waals surface area contributed by atoms with Gasteiger partial charge in [-0.3, -0.25) is 4.79 Å². The highest BCUT2D eigenvalue weighted by Gasteiger charge is 2.14. The summed E-state index contributed by atoms with van der Waals surface area (Å²) >= 11 is 0. The quantitative estimate of drug-likeness (QED) is 0.567. The van der Waals surface area contributed by atoms with E-state index in [-0.39, 0.29) is 23.8 Å². The standard InChI is InChI=1S/C23H23FN2O3S/c1-17-7-11-20(24)15-22(17)26-23(27)14-10-18-8-12-21(13-9-18)30(28,29)25-16-19-5-3-2-4-6-19/h2-9,11-13,15,25H,10,14,16H2,1H3,(H,26,27). The fraction of sp³-hybridized carbons (Fsp3) is 0.174. The van der Waals surface area contributed by atoms with Crippen LogP contribution in [-0.4, -0.2) is 14.3 Å². The van der Waals surface area contributed by atoms with Gasteiger partial charge in [-0.1, -0.05) is 48.5 Å². The van der Waals surface area contributed by atoms with E-state index in [0.29, 0.717) is 12.1 Å². The zero-order chi connectivity index (χ0) is 21.6. The first-order valence-electron chi connectivity index (χ1n) is 9.52. The molecule has 0 heterocycles. The molecule has 0 unspecified atom stereocenters. The molecule has 3 rings (SSSR count). The minimum atomic E-state index is -3.62. The minimum Gasteiger partial charge on any atom is -0.326 e. The molecule has 156 valence electrons. The van der Waals surface area contributed by atoms with Crippen LogP contribution in [0, 0.1) is 12.7 Å². The number of carbonyl (C=O) groups is 1. The summed E-state index contributed by atoms with van der Waals surface area (Å²) < 4.78 is 40.8. The monoisotopic (exact) mass is 426 g/mol. The second kappa shape index (κ2) is 9.65. The minimum absolute atomic E-state index is 0.169. The van der Waals surface area contributed by atoms with Gasteiger partial charge in [-0.05, 0) is 54.3 Å². The lowest BCUT2D eigenvalue weighted by Crippen LogP contribution is -2.23. The zero-order valence-corrected chi connectivity index (χ0v) is 17.4. The Labute approximate surface area is 176 Å². The Bertz CT molecular complexity index is 1110. The van der Waals surface area contributed by atoms with Gasteiger partial charge in [-0.15, -0.1) is 0 Å². The van der Waals surface area contributed by atoms with Gasteiger partial charge in [0.2, 0.25) is 15.9 Å². The molecule has 0 aliphatic carbocycles. The average molecular weight is 427 g/mol. The number of sulfonamides is 1. The van der Waals surface area contributed by atoms with E-state index in [1.165, 1.54) is 24.3 Å². The van der Waals surface area contributed by atoms with Crippen molar-refractivity contribution in [2.24, 2.45) is 0 Å². The average Bonchev–Trinajstić information content (AvgIpc) is 2.74. The Kier molecular flexibility index (Phi) is 6.97. The van der Waals surface area contributed by atoms with Crippen molar-refractivity contribution in [1.82, 2.24) is 4.72 Å². The molecule has 0 saturated carbocycles. The molecule has 0 spiro atoms. The van der Waals surface area contributed by atoms with E-state index < -0.39 is 15.8 Å². The van der Waals surface area contributed by atoms with Crippen molar-refractivity contribution in [3.05, 3.63) is 95.3 Å². The van der Waals surface area contributed by atoms with Crippen molar-refractivity contribution in [2.45, 2.75) is 31.2 Å². The van der Waals surface area contributed by atoms with Gasteiger partial charge >= 0.3 is 0 Å².